The summed E-state index contributed by atoms with van der Waals surface area (Å²) in [5.74, 6) is 0. The van der Waals surface area contributed by atoms with E-state index in [9.17, 15) is 0 Å². The number of hydrogen-bond donors (Lipinski definition) is 1. The second-order valence-electron chi connectivity index (χ2n) is 3.06. The summed E-state index contributed by atoms with van der Waals surface area (Å²) >= 11 is 3.32. The van der Waals surface area contributed by atoms with E-state index < -0.39 is 0 Å². The molecule has 0 aliphatic carbocycles. The van der Waals surface area contributed by atoms with Crippen LogP contribution in [0.1, 0.15) is 24.4 Å². The SMILES string of the molecule is Brc1ccc([C@H]2CCCN2)cn1.Cl. The van der Waals surface area contributed by atoms with Crippen molar-refractivity contribution in [1.29, 1.82) is 0 Å². The first-order chi connectivity index (χ1) is 5.86. The van der Waals surface area contributed by atoms with Gasteiger partial charge in [-0.2, -0.15) is 0 Å². The lowest BCUT2D eigenvalue weighted by Gasteiger charge is -2.08. The van der Waals surface area contributed by atoms with Gasteiger partial charge in [0.1, 0.15) is 4.60 Å². The maximum atomic E-state index is 4.20. The van der Waals surface area contributed by atoms with Crippen LogP contribution < -0.4 is 5.32 Å². The van der Waals surface area contributed by atoms with Crippen molar-refractivity contribution in [3.8, 4) is 0 Å². The molecule has 4 heteroatoms. The topological polar surface area (TPSA) is 24.9 Å². The van der Waals surface area contributed by atoms with E-state index in [4.69, 9.17) is 0 Å². The summed E-state index contributed by atoms with van der Waals surface area (Å²) in [6.07, 6.45) is 4.46. The standard InChI is InChI=1S/C9H11BrN2.ClH/c10-9-4-3-7(6-12-9)8-2-1-5-11-8;/h3-4,6,8,11H,1-2,5H2;1H/t8-;/m1./s1. The highest BCUT2D eigenvalue weighted by molar-refractivity contribution is 9.10. The molecule has 1 aliphatic heterocycles. The van der Waals surface area contributed by atoms with Gasteiger partial charge >= 0.3 is 0 Å². The molecule has 2 nitrogen and oxygen atoms in total. The highest BCUT2D eigenvalue weighted by atomic mass is 79.9. The smallest absolute Gasteiger partial charge is 0.106 e. The number of aromatic nitrogens is 1. The summed E-state index contributed by atoms with van der Waals surface area (Å²) < 4.78 is 0.907. The Bertz CT molecular complexity index is 257. The van der Waals surface area contributed by atoms with Crippen LogP contribution in [0.4, 0.5) is 0 Å². The first-order valence-electron chi connectivity index (χ1n) is 4.21. The van der Waals surface area contributed by atoms with E-state index in [1.165, 1.54) is 18.4 Å². The van der Waals surface area contributed by atoms with Gasteiger partial charge in [0, 0.05) is 12.2 Å². The second kappa shape index (κ2) is 4.94. The Labute approximate surface area is 92.7 Å². The fourth-order valence-corrected chi connectivity index (χ4v) is 1.80. The third kappa shape index (κ3) is 2.66. The maximum absolute atomic E-state index is 4.20. The summed E-state index contributed by atoms with van der Waals surface area (Å²) in [4.78, 5) is 4.20. The summed E-state index contributed by atoms with van der Waals surface area (Å²) in [5.41, 5.74) is 1.30. The molecule has 0 spiro atoms. The second-order valence-corrected chi connectivity index (χ2v) is 3.88. The Morgan fingerprint density at radius 1 is 1.46 bits per heavy atom. The minimum atomic E-state index is 0. The van der Waals surface area contributed by atoms with Crippen LogP contribution in [-0.4, -0.2) is 11.5 Å². The van der Waals surface area contributed by atoms with Gasteiger partial charge in [-0.3, -0.25) is 0 Å². The van der Waals surface area contributed by atoms with Gasteiger partial charge in [-0.25, -0.2) is 4.98 Å². The first kappa shape index (κ1) is 11.0. The number of nitrogens with one attached hydrogen (secondary N) is 1. The van der Waals surface area contributed by atoms with Gasteiger partial charge in [0.2, 0.25) is 0 Å². The average molecular weight is 264 g/mol. The van der Waals surface area contributed by atoms with E-state index in [1.54, 1.807) is 0 Å². The van der Waals surface area contributed by atoms with Crippen molar-refractivity contribution >= 4 is 28.3 Å². The molecule has 1 aromatic rings. The fraction of sp³-hybridized carbons (Fsp3) is 0.444. The molecular weight excluding hydrogens is 251 g/mol. The third-order valence-corrected chi connectivity index (χ3v) is 2.68. The van der Waals surface area contributed by atoms with Crippen LogP contribution in [0.2, 0.25) is 0 Å². The summed E-state index contributed by atoms with van der Waals surface area (Å²) in [5, 5.41) is 3.44. The van der Waals surface area contributed by atoms with E-state index in [-0.39, 0.29) is 12.4 Å². The lowest BCUT2D eigenvalue weighted by Crippen LogP contribution is -2.12. The Balaban J connectivity index is 0.000000845. The summed E-state index contributed by atoms with van der Waals surface area (Å²) in [7, 11) is 0. The summed E-state index contributed by atoms with van der Waals surface area (Å²) in [6, 6.07) is 4.65. The first-order valence-corrected chi connectivity index (χ1v) is 5.00. The Kier molecular flexibility index (Phi) is 4.16. The van der Waals surface area contributed by atoms with Crippen molar-refractivity contribution in [2.45, 2.75) is 18.9 Å². The zero-order valence-electron chi connectivity index (χ0n) is 7.16. The predicted octanol–water partition coefficient (Wildman–Crippen LogP) is 2.69. The molecule has 1 saturated heterocycles. The molecular formula is C9H12BrClN2. The largest absolute Gasteiger partial charge is 0.310 e. The quantitative estimate of drug-likeness (QED) is 0.788. The number of rotatable bonds is 1. The molecule has 0 amide bonds. The van der Waals surface area contributed by atoms with E-state index in [0.717, 1.165) is 11.1 Å². The zero-order chi connectivity index (χ0) is 8.39. The predicted molar refractivity (Wildman–Crippen MR) is 59.2 cm³/mol. The molecule has 1 atom stereocenters. The van der Waals surface area contributed by atoms with Crippen LogP contribution in [0.15, 0.2) is 22.9 Å². The molecule has 72 valence electrons. The minimum absolute atomic E-state index is 0. The Morgan fingerprint density at radius 2 is 2.31 bits per heavy atom. The number of halogens is 2. The van der Waals surface area contributed by atoms with Crippen LogP contribution in [-0.2, 0) is 0 Å². The van der Waals surface area contributed by atoms with Crippen molar-refractivity contribution in [3.05, 3.63) is 28.5 Å². The van der Waals surface area contributed by atoms with Gasteiger partial charge in [0.05, 0.1) is 0 Å². The average Bonchev–Trinajstić information content (AvgIpc) is 2.58. The highest BCUT2D eigenvalue weighted by Crippen LogP contribution is 2.22. The molecule has 13 heavy (non-hydrogen) atoms. The van der Waals surface area contributed by atoms with Gasteiger partial charge in [-0.15, -0.1) is 12.4 Å². The molecule has 0 bridgehead atoms. The van der Waals surface area contributed by atoms with E-state index in [0.29, 0.717) is 6.04 Å². The normalized spacial score (nSPS) is 21.2. The zero-order valence-corrected chi connectivity index (χ0v) is 9.57. The van der Waals surface area contributed by atoms with Gasteiger partial charge in [0.15, 0.2) is 0 Å². The van der Waals surface area contributed by atoms with Crippen molar-refractivity contribution < 1.29 is 0 Å². The number of hydrogen-bond acceptors (Lipinski definition) is 2. The van der Waals surface area contributed by atoms with Gasteiger partial charge < -0.3 is 5.32 Å². The molecule has 0 saturated carbocycles. The van der Waals surface area contributed by atoms with Gasteiger partial charge in [-0.1, -0.05) is 6.07 Å². The van der Waals surface area contributed by atoms with Crippen LogP contribution in [0, 0.1) is 0 Å². The van der Waals surface area contributed by atoms with E-state index in [1.807, 2.05) is 12.3 Å². The molecule has 0 radical (unpaired) electrons. The molecule has 0 aromatic carbocycles. The highest BCUT2D eigenvalue weighted by Gasteiger charge is 2.15. The molecule has 0 unspecified atom stereocenters. The molecule has 1 aromatic heterocycles. The Morgan fingerprint density at radius 3 is 2.85 bits per heavy atom. The third-order valence-electron chi connectivity index (χ3n) is 2.21. The Hall–Kier alpha value is -0.120. The molecule has 1 fully saturated rings. The van der Waals surface area contributed by atoms with Crippen molar-refractivity contribution in [3.63, 3.8) is 0 Å². The van der Waals surface area contributed by atoms with Crippen molar-refractivity contribution in [1.82, 2.24) is 10.3 Å². The molecule has 2 rings (SSSR count). The van der Waals surface area contributed by atoms with Crippen molar-refractivity contribution in [2.24, 2.45) is 0 Å². The van der Waals surface area contributed by atoms with Crippen LogP contribution >= 0.6 is 28.3 Å². The minimum Gasteiger partial charge on any atom is -0.310 e. The van der Waals surface area contributed by atoms with Crippen LogP contribution in [0.3, 0.4) is 0 Å². The van der Waals surface area contributed by atoms with E-state index in [2.05, 4.69) is 32.3 Å². The molecule has 1 aliphatic rings. The molecule has 1 N–H and O–H groups in total. The fourth-order valence-electron chi connectivity index (χ4n) is 1.56. The van der Waals surface area contributed by atoms with Crippen molar-refractivity contribution in [2.75, 3.05) is 6.54 Å². The lowest BCUT2D eigenvalue weighted by molar-refractivity contribution is 0.644. The molecule has 2 heterocycles. The van der Waals surface area contributed by atoms with Crippen LogP contribution in [0.25, 0.3) is 0 Å². The maximum Gasteiger partial charge on any atom is 0.106 e. The van der Waals surface area contributed by atoms with Gasteiger partial charge in [0.25, 0.3) is 0 Å². The lowest BCUT2D eigenvalue weighted by atomic mass is 10.1. The van der Waals surface area contributed by atoms with E-state index >= 15 is 0 Å². The summed E-state index contributed by atoms with van der Waals surface area (Å²) in [6.45, 7) is 1.14. The van der Waals surface area contributed by atoms with Gasteiger partial charge in [-0.05, 0) is 46.9 Å². The number of nitrogens with zero attached hydrogens (tertiary/aromatic N) is 1. The monoisotopic (exact) mass is 262 g/mol. The number of pyridine rings is 1. The van der Waals surface area contributed by atoms with Crippen LogP contribution in [0.5, 0.6) is 0 Å².